The van der Waals surface area contributed by atoms with Crippen LogP contribution in [0.25, 0.3) is 5.76 Å². The van der Waals surface area contributed by atoms with Crippen LogP contribution in [0.4, 0.5) is 0 Å². The topological polar surface area (TPSA) is 76.1 Å². The minimum Gasteiger partial charge on any atom is -0.507 e. The van der Waals surface area contributed by atoms with Gasteiger partial charge in [-0.05, 0) is 36.8 Å². The van der Waals surface area contributed by atoms with Crippen LogP contribution in [0.15, 0.2) is 78.4 Å². The minimum absolute atomic E-state index is 0.0101. The maximum absolute atomic E-state index is 13.2. The summed E-state index contributed by atoms with van der Waals surface area (Å²) in [6.07, 6.45) is 0. The van der Waals surface area contributed by atoms with Crippen molar-refractivity contribution in [2.45, 2.75) is 19.5 Å². The van der Waals surface area contributed by atoms with E-state index >= 15 is 0 Å². The number of hydrogen-bond acceptors (Lipinski definition) is 5. The van der Waals surface area contributed by atoms with Crippen molar-refractivity contribution in [1.29, 1.82) is 0 Å². The number of methoxy groups -OCH3 is 1. The molecule has 1 heterocycles. The molecule has 0 spiro atoms. The predicted octanol–water partition coefficient (Wildman–Crippen LogP) is 5.37. The van der Waals surface area contributed by atoms with E-state index in [1.807, 2.05) is 55.5 Å². The van der Waals surface area contributed by atoms with Crippen LogP contribution < -0.4 is 9.47 Å². The standard InChI is InChI=1S/C27H24ClNO5/c1-3-34-22-15-18(13-14-20(22)28)25(30)23-24(17-9-5-4-6-10-17)29(27(32)26(23)31)16-19-11-7-8-12-21(19)33-2/h4-15,24,30H,3,16H2,1-2H3/b25-23-. The number of carbonyl (C=O) groups excluding carboxylic acids is 2. The molecule has 3 aromatic carbocycles. The zero-order valence-electron chi connectivity index (χ0n) is 18.8. The number of aliphatic hydroxyl groups excluding tert-OH is 1. The average molecular weight is 478 g/mol. The molecule has 1 atom stereocenters. The van der Waals surface area contributed by atoms with Crippen molar-refractivity contribution in [3.8, 4) is 11.5 Å². The number of ketones is 1. The number of hydrogen-bond donors (Lipinski definition) is 1. The van der Waals surface area contributed by atoms with Gasteiger partial charge in [0.1, 0.15) is 17.3 Å². The Hall–Kier alpha value is -3.77. The van der Waals surface area contributed by atoms with E-state index < -0.39 is 17.7 Å². The molecule has 0 aromatic heterocycles. The van der Waals surface area contributed by atoms with Crippen LogP contribution in [0, 0.1) is 0 Å². The lowest BCUT2D eigenvalue weighted by atomic mass is 9.95. The average Bonchev–Trinajstić information content (AvgIpc) is 3.11. The van der Waals surface area contributed by atoms with Crippen LogP contribution in [-0.2, 0) is 16.1 Å². The van der Waals surface area contributed by atoms with Gasteiger partial charge in [-0.25, -0.2) is 0 Å². The lowest BCUT2D eigenvalue weighted by molar-refractivity contribution is -0.140. The maximum Gasteiger partial charge on any atom is 0.295 e. The van der Waals surface area contributed by atoms with Gasteiger partial charge < -0.3 is 19.5 Å². The molecular formula is C27H24ClNO5. The number of benzene rings is 3. The van der Waals surface area contributed by atoms with Gasteiger partial charge in [0.25, 0.3) is 11.7 Å². The molecule has 1 amide bonds. The lowest BCUT2D eigenvalue weighted by Crippen LogP contribution is -2.29. The van der Waals surface area contributed by atoms with Crippen molar-refractivity contribution in [1.82, 2.24) is 4.90 Å². The smallest absolute Gasteiger partial charge is 0.295 e. The molecule has 4 rings (SSSR count). The Kier molecular flexibility index (Phi) is 6.89. The highest BCUT2D eigenvalue weighted by Crippen LogP contribution is 2.41. The highest BCUT2D eigenvalue weighted by Gasteiger charge is 2.46. The quantitative estimate of drug-likeness (QED) is 0.281. The first-order chi connectivity index (χ1) is 16.5. The zero-order valence-corrected chi connectivity index (χ0v) is 19.6. The summed E-state index contributed by atoms with van der Waals surface area (Å²) in [7, 11) is 1.55. The van der Waals surface area contributed by atoms with E-state index in [1.54, 1.807) is 31.4 Å². The second-order valence-corrected chi connectivity index (χ2v) is 8.13. The van der Waals surface area contributed by atoms with Gasteiger partial charge in [0.05, 0.1) is 36.9 Å². The molecule has 1 saturated heterocycles. The van der Waals surface area contributed by atoms with Gasteiger partial charge in [0, 0.05) is 11.1 Å². The van der Waals surface area contributed by atoms with Crippen molar-refractivity contribution in [3.63, 3.8) is 0 Å². The van der Waals surface area contributed by atoms with Gasteiger partial charge in [-0.1, -0.05) is 60.1 Å². The fraction of sp³-hybridized carbons (Fsp3) is 0.185. The summed E-state index contributed by atoms with van der Waals surface area (Å²) in [5.41, 5.74) is 1.80. The molecule has 0 radical (unpaired) electrons. The van der Waals surface area contributed by atoms with E-state index in [0.717, 1.165) is 5.56 Å². The van der Waals surface area contributed by atoms with Crippen molar-refractivity contribution >= 4 is 29.1 Å². The number of nitrogens with zero attached hydrogens (tertiary/aromatic N) is 1. The highest BCUT2D eigenvalue weighted by molar-refractivity contribution is 6.46. The molecule has 1 N–H and O–H groups in total. The van der Waals surface area contributed by atoms with E-state index in [9.17, 15) is 14.7 Å². The van der Waals surface area contributed by atoms with Crippen LogP contribution in [0.3, 0.4) is 0 Å². The van der Waals surface area contributed by atoms with Crippen LogP contribution in [0.2, 0.25) is 5.02 Å². The molecule has 1 unspecified atom stereocenters. The summed E-state index contributed by atoms with van der Waals surface area (Å²) in [5, 5.41) is 11.6. The molecule has 1 aliphatic heterocycles. The number of carbonyl (C=O) groups is 2. The molecular weight excluding hydrogens is 454 g/mol. The van der Waals surface area contributed by atoms with Gasteiger partial charge in [-0.2, -0.15) is 0 Å². The SMILES string of the molecule is CCOc1cc(/C(O)=C2/C(=O)C(=O)N(Cc3ccccc3OC)C2c2ccccc2)ccc1Cl. The Bertz CT molecular complexity index is 1250. The van der Waals surface area contributed by atoms with Gasteiger partial charge in [-0.3, -0.25) is 9.59 Å². The largest absolute Gasteiger partial charge is 0.507 e. The lowest BCUT2D eigenvalue weighted by Gasteiger charge is -2.26. The van der Waals surface area contributed by atoms with Crippen LogP contribution in [0.5, 0.6) is 11.5 Å². The van der Waals surface area contributed by atoms with Crippen molar-refractivity contribution in [2.24, 2.45) is 0 Å². The fourth-order valence-corrected chi connectivity index (χ4v) is 4.29. The van der Waals surface area contributed by atoms with Crippen LogP contribution >= 0.6 is 11.6 Å². The normalized spacial score (nSPS) is 17.1. The summed E-state index contributed by atoms with van der Waals surface area (Å²) in [6, 6.07) is 20.4. The number of halogens is 1. The van der Waals surface area contributed by atoms with Crippen LogP contribution in [0.1, 0.15) is 29.7 Å². The van der Waals surface area contributed by atoms with E-state index in [1.165, 1.54) is 4.90 Å². The minimum atomic E-state index is -0.780. The number of para-hydroxylation sites is 1. The van der Waals surface area contributed by atoms with E-state index in [4.69, 9.17) is 21.1 Å². The van der Waals surface area contributed by atoms with E-state index in [0.29, 0.717) is 34.3 Å². The summed E-state index contributed by atoms with van der Waals surface area (Å²) >= 11 is 6.19. The number of Topliss-reactive ketones (excluding diaryl/α,β-unsaturated/α-hetero) is 1. The predicted molar refractivity (Wildman–Crippen MR) is 130 cm³/mol. The number of amides is 1. The Morgan fingerprint density at radius 2 is 1.71 bits per heavy atom. The molecule has 6 nitrogen and oxygen atoms in total. The van der Waals surface area contributed by atoms with Gasteiger partial charge >= 0.3 is 0 Å². The first-order valence-corrected chi connectivity index (χ1v) is 11.2. The maximum atomic E-state index is 13.2. The number of ether oxygens (including phenoxy) is 2. The summed E-state index contributed by atoms with van der Waals surface area (Å²) in [6.45, 7) is 2.34. The van der Waals surface area contributed by atoms with Crippen LogP contribution in [-0.4, -0.2) is 35.4 Å². The second-order valence-electron chi connectivity index (χ2n) is 7.73. The molecule has 1 aliphatic rings. The second kappa shape index (κ2) is 10.0. The molecule has 1 fully saturated rings. The van der Waals surface area contributed by atoms with Gasteiger partial charge in [-0.15, -0.1) is 0 Å². The first-order valence-electron chi connectivity index (χ1n) is 10.8. The molecule has 3 aromatic rings. The molecule has 0 bridgehead atoms. The Morgan fingerprint density at radius 1 is 1.00 bits per heavy atom. The van der Waals surface area contributed by atoms with Crippen molar-refractivity contribution < 1.29 is 24.2 Å². The molecule has 0 saturated carbocycles. The van der Waals surface area contributed by atoms with E-state index in [2.05, 4.69) is 0 Å². The summed E-state index contributed by atoms with van der Waals surface area (Å²) in [5.74, 6) is -0.746. The van der Waals surface area contributed by atoms with E-state index in [-0.39, 0.29) is 17.9 Å². The third-order valence-electron chi connectivity index (χ3n) is 5.69. The summed E-state index contributed by atoms with van der Waals surface area (Å²) in [4.78, 5) is 27.9. The molecule has 34 heavy (non-hydrogen) atoms. The summed E-state index contributed by atoms with van der Waals surface area (Å²) < 4.78 is 11.0. The number of aliphatic hydroxyl groups is 1. The molecule has 0 aliphatic carbocycles. The highest BCUT2D eigenvalue weighted by atomic mass is 35.5. The Labute approximate surface area is 203 Å². The van der Waals surface area contributed by atoms with Crippen molar-refractivity contribution in [3.05, 3.63) is 100 Å². The first kappa shape index (κ1) is 23.4. The van der Waals surface area contributed by atoms with Gasteiger partial charge in [0.2, 0.25) is 0 Å². The fourth-order valence-electron chi connectivity index (χ4n) is 4.11. The third kappa shape index (κ3) is 4.37. The number of rotatable bonds is 7. The van der Waals surface area contributed by atoms with Gasteiger partial charge in [0.15, 0.2) is 0 Å². The third-order valence-corrected chi connectivity index (χ3v) is 6.01. The Morgan fingerprint density at radius 3 is 2.41 bits per heavy atom. The Balaban J connectivity index is 1.85. The monoisotopic (exact) mass is 477 g/mol. The molecule has 7 heteroatoms. The number of likely N-dealkylation sites (tertiary alicyclic amines) is 1. The van der Waals surface area contributed by atoms with Crippen molar-refractivity contribution in [2.75, 3.05) is 13.7 Å². The molecule has 174 valence electrons. The zero-order chi connectivity index (χ0) is 24.2.